The van der Waals surface area contributed by atoms with E-state index >= 15 is 0 Å². The first-order chi connectivity index (χ1) is 9.72. The molecule has 1 N–H and O–H groups in total. The Morgan fingerprint density at radius 3 is 2.38 bits per heavy atom. The van der Waals surface area contributed by atoms with Crippen molar-refractivity contribution >= 4 is 0 Å². The molecule has 0 amide bonds. The summed E-state index contributed by atoms with van der Waals surface area (Å²) in [6.07, 6.45) is -1.64. The van der Waals surface area contributed by atoms with Gasteiger partial charge in [0.05, 0.1) is 6.61 Å². The Bertz CT molecular complexity index is 304. The quantitative estimate of drug-likeness (QED) is 0.780. The van der Waals surface area contributed by atoms with Crippen LogP contribution in [0.4, 0.5) is 13.2 Å². The van der Waals surface area contributed by atoms with E-state index in [0.29, 0.717) is 18.5 Å². The smallest absolute Gasteiger partial charge is 0.311 e. The van der Waals surface area contributed by atoms with Gasteiger partial charge in [0.25, 0.3) is 0 Å². The zero-order valence-electron chi connectivity index (χ0n) is 13.6. The van der Waals surface area contributed by atoms with Crippen molar-refractivity contribution in [1.82, 2.24) is 10.2 Å². The summed E-state index contributed by atoms with van der Waals surface area (Å²) in [7, 11) is 0. The first-order valence-electron chi connectivity index (χ1n) is 7.91. The van der Waals surface area contributed by atoms with Crippen LogP contribution in [0.1, 0.15) is 47.0 Å². The predicted octanol–water partition coefficient (Wildman–Crippen LogP) is 3.40. The van der Waals surface area contributed by atoms with Crippen molar-refractivity contribution in [2.45, 2.75) is 64.9 Å². The maximum Gasteiger partial charge on any atom is 0.522 e. The van der Waals surface area contributed by atoms with E-state index in [1.807, 2.05) is 0 Å². The van der Waals surface area contributed by atoms with E-state index in [4.69, 9.17) is 0 Å². The normalized spacial score (nSPS) is 23.7. The molecule has 1 atom stereocenters. The van der Waals surface area contributed by atoms with Crippen molar-refractivity contribution < 1.29 is 17.9 Å². The van der Waals surface area contributed by atoms with Crippen molar-refractivity contribution in [1.29, 1.82) is 0 Å². The number of hydrogen-bond donors (Lipinski definition) is 1. The zero-order valence-corrected chi connectivity index (χ0v) is 13.6. The summed E-state index contributed by atoms with van der Waals surface area (Å²) in [6, 6.07) is 0.349. The minimum Gasteiger partial charge on any atom is -0.311 e. The third-order valence-corrected chi connectivity index (χ3v) is 4.53. The number of rotatable bonds is 7. The first kappa shape index (κ1) is 18.7. The van der Waals surface area contributed by atoms with Gasteiger partial charge in [-0.25, -0.2) is 0 Å². The molecule has 0 radical (unpaired) electrons. The molecule has 1 rings (SSSR count). The van der Waals surface area contributed by atoms with Crippen LogP contribution in [0.5, 0.6) is 0 Å². The molecule has 0 spiro atoms. The molecule has 1 heterocycles. The van der Waals surface area contributed by atoms with Crippen LogP contribution >= 0.6 is 0 Å². The second-order valence-corrected chi connectivity index (χ2v) is 6.38. The van der Waals surface area contributed by atoms with E-state index < -0.39 is 6.36 Å². The topological polar surface area (TPSA) is 24.5 Å². The third kappa shape index (κ3) is 5.75. The average molecular weight is 310 g/mol. The molecule has 1 fully saturated rings. The molecule has 0 aliphatic carbocycles. The minimum absolute atomic E-state index is 0.0531. The Labute approximate surface area is 126 Å². The van der Waals surface area contributed by atoms with E-state index in [0.717, 1.165) is 32.4 Å². The van der Waals surface area contributed by atoms with Gasteiger partial charge < -0.3 is 5.32 Å². The van der Waals surface area contributed by atoms with Crippen LogP contribution in [0.25, 0.3) is 0 Å². The predicted molar refractivity (Wildman–Crippen MR) is 78.1 cm³/mol. The van der Waals surface area contributed by atoms with Crippen molar-refractivity contribution in [3.63, 3.8) is 0 Å². The summed E-state index contributed by atoms with van der Waals surface area (Å²) >= 11 is 0. The van der Waals surface area contributed by atoms with Crippen LogP contribution in [0.15, 0.2) is 0 Å². The molecule has 1 aliphatic heterocycles. The standard InChI is InChI=1S/C15H29F3N2O/c1-5-14(6-2)11-19-13(9-12(3)4)10-20(14)7-8-21-15(16,17)18/h12-13,19H,5-11H2,1-4H3. The minimum atomic E-state index is -4.54. The molecule has 1 unspecified atom stereocenters. The lowest BCUT2D eigenvalue weighted by Gasteiger charge is -2.50. The first-order valence-corrected chi connectivity index (χ1v) is 7.91. The van der Waals surface area contributed by atoms with E-state index in [9.17, 15) is 13.2 Å². The maximum absolute atomic E-state index is 12.2. The summed E-state index contributed by atoms with van der Waals surface area (Å²) < 4.78 is 40.5. The molecular weight excluding hydrogens is 281 g/mol. The molecule has 0 aromatic carbocycles. The van der Waals surface area contributed by atoms with Gasteiger partial charge in [0.2, 0.25) is 0 Å². The highest BCUT2D eigenvalue weighted by Crippen LogP contribution is 2.28. The second kappa shape index (κ2) is 7.79. The third-order valence-electron chi connectivity index (χ3n) is 4.53. The molecule has 1 saturated heterocycles. The van der Waals surface area contributed by atoms with Gasteiger partial charge in [0.15, 0.2) is 0 Å². The summed E-state index contributed by atoms with van der Waals surface area (Å²) in [6.45, 7) is 10.2. The van der Waals surface area contributed by atoms with Crippen LogP contribution in [0.3, 0.4) is 0 Å². The zero-order chi connectivity index (χ0) is 16.1. The van der Waals surface area contributed by atoms with Gasteiger partial charge in [-0.2, -0.15) is 0 Å². The monoisotopic (exact) mass is 310 g/mol. The maximum atomic E-state index is 12.2. The number of piperazine rings is 1. The van der Waals surface area contributed by atoms with Crippen molar-refractivity contribution in [3.8, 4) is 0 Å². The van der Waals surface area contributed by atoms with Gasteiger partial charge >= 0.3 is 6.36 Å². The number of hydrogen-bond acceptors (Lipinski definition) is 3. The second-order valence-electron chi connectivity index (χ2n) is 6.38. The highest BCUT2D eigenvalue weighted by Gasteiger charge is 2.39. The fourth-order valence-electron chi connectivity index (χ4n) is 3.24. The van der Waals surface area contributed by atoms with Gasteiger partial charge in [0.1, 0.15) is 0 Å². The van der Waals surface area contributed by atoms with Crippen molar-refractivity contribution in [2.75, 3.05) is 26.2 Å². The molecule has 1 aliphatic rings. The fourth-order valence-corrected chi connectivity index (χ4v) is 3.24. The van der Waals surface area contributed by atoms with Gasteiger partial charge in [-0.15, -0.1) is 13.2 Å². The van der Waals surface area contributed by atoms with Gasteiger partial charge in [-0.1, -0.05) is 27.7 Å². The van der Waals surface area contributed by atoms with Crippen molar-refractivity contribution in [2.24, 2.45) is 5.92 Å². The molecule has 0 bridgehead atoms. The van der Waals surface area contributed by atoms with Gasteiger partial charge in [-0.3, -0.25) is 9.64 Å². The highest BCUT2D eigenvalue weighted by molar-refractivity contribution is 4.97. The Morgan fingerprint density at radius 1 is 1.29 bits per heavy atom. The number of alkyl halides is 3. The van der Waals surface area contributed by atoms with E-state index in [2.05, 4.69) is 42.6 Å². The van der Waals surface area contributed by atoms with Gasteiger partial charge in [0, 0.05) is 31.2 Å². The summed E-state index contributed by atoms with van der Waals surface area (Å²) in [5, 5.41) is 3.58. The lowest BCUT2D eigenvalue weighted by molar-refractivity contribution is -0.325. The molecule has 126 valence electrons. The van der Waals surface area contributed by atoms with Crippen LogP contribution < -0.4 is 5.32 Å². The number of nitrogens with zero attached hydrogens (tertiary/aromatic N) is 1. The van der Waals surface area contributed by atoms with Crippen LogP contribution in [-0.4, -0.2) is 49.1 Å². The summed E-state index contributed by atoms with van der Waals surface area (Å²) in [4.78, 5) is 2.20. The van der Waals surface area contributed by atoms with Crippen LogP contribution in [-0.2, 0) is 4.74 Å². The fraction of sp³-hybridized carbons (Fsp3) is 1.00. The Balaban J connectivity index is 2.65. The molecule has 0 saturated carbocycles. The Hall–Kier alpha value is -0.330. The largest absolute Gasteiger partial charge is 0.522 e. The summed E-state index contributed by atoms with van der Waals surface area (Å²) in [5.74, 6) is 0.575. The highest BCUT2D eigenvalue weighted by atomic mass is 19.4. The number of nitrogens with one attached hydrogen (secondary N) is 1. The molecule has 0 aromatic heterocycles. The van der Waals surface area contributed by atoms with Crippen LogP contribution in [0.2, 0.25) is 0 Å². The average Bonchev–Trinajstić information content (AvgIpc) is 2.37. The van der Waals surface area contributed by atoms with Crippen molar-refractivity contribution in [3.05, 3.63) is 0 Å². The molecular formula is C15H29F3N2O. The molecule has 3 nitrogen and oxygen atoms in total. The molecule has 0 aromatic rings. The van der Waals surface area contributed by atoms with E-state index in [1.165, 1.54) is 0 Å². The van der Waals surface area contributed by atoms with E-state index in [1.54, 1.807) is 0 Å². The Morgan fingerprint density at radius 2 is 1.90 bits per heavy atom. The molecule has 6 heteroatoms. The Kier molecular flexibility index (Phi) is 6.94. The lowest BCUT2D eigenvalue weighted by atomic mass is 9.86. The lowest BCUT2D eigenvalue weighted by Crippen LogP contribution is -2.65. The van der Waals surface area contributed by atoms with Gasteiger partial charge in [-0.05, 0) is 25.2 Å². The molecule has 21 heavy (non-hydrogen) atoms. The summed E-state index contributed by atoms with van der Waals surface area (Å²) in [5.41, 5.74) is -0.0531. The number of halogens is 3. The van der Waals surface area contributed by atoms with E-state index in [-0.39, 0.29) is 12.1 Å². The van der Waals surface area contributed by atoms with Crippen LogP contribution in [0, 0.1) is 5.92 Å². The SMILES string of the molecule is CCC1(CC)CNC(CC(C)C)CN1CCOC(F)(F)F. The number of ether oxygens (including phenoxy) is 1.